The minimum Gasteiger partial charge on any atom is -0.481 e. The molecule has 7 heteroatoms. The van der Waals surface area contributed by atoms with E-state index in [1.54, 1.807) is 0 Å². The smallest absolute Gasteiger partial charge is 0.308 e. The van der Waals surface area contributed by atoms with Gasteiger partial charge >= 0.3 is 5.97 Å². The average molecular weight is 333 g/mol. The van der Waals surface area contributed by atoms with E-state index >= 15 is 0 Å². The van der Waals surface area contributed by atoms with Crippen LogP contribution < -0.4 is 4.90 Å². The summed E-state index contributed by atoms with van der Waals surface area (Å²) in [4.78, 5) is 31.7. The number of carboxylic acid groups (broad SMARTS) is 1. The molecule has 0 radical (unpaired) electrons. The number of nitrogens with zero attached hydrogens (tertiary/aromatic N) is 3. The maximum Gasteiger partial charge on any atom is 0.308 e. The molecule has 1 fully saturated rings. The fraction of sp³-hybridized carbons (Fsp3) is 0.333. The van der Waals surface area contributed by atoms with Gasteiger partial charge in [-0.2, -0.15) is 0 Å². The second-order valence-electron chi connectivity index (χ2n) is 3.44. The minimum atomic E-state index is -0.950. The van der Waals surface area contributed by atoms with Crippen LogP contribution in [0.2, 0.25) is 0 Å². The molecular formula is C9H8IN3O3. The molecule has 1 saturated heterocycles. The van der Waals surface area contributed by atoms with Crippen LogP contribution >= 0.6 is 22.6 Å². The normalized spacial score (nSPS) is 20.2. The molecule has 6 nitrogen and oxygen atoms in total. The molecule has 0 bridgehead atoms. The Morgan fingerprint density at radius 3 is 2.75 bits per heavy atom. The van der Waals surface area contributed by atoms with E-state index in [0.717, 1.165) is 3.70 Å². The van der Waals surface area contributed by atoms with Crippen molar-refractivity contribution in [3.05, 3.63) is 16.1 Å². The molecule has 1 amide bonds. The van der Waals surface area contributed by atoms with Crippen molar-refractivity contribution < 1.29 is 14.7 Å². The highest BCUT2D eigenvalue weighted by molar-refractivity contribution is 14.1. The number of halogens is 1. The van der Waals surface area contributed by atoms with Gasteiger partial charge in [-0.25, -0.2) is 9.97 Å². The molecule has 1 aromatic rings. The monoisotopic (exact) mass is 333 g/mol. The third-order valence-corrected chi connectivity index (χ3v) is 2.91. The standard InChI is InChI=1S/C9H8IN3O3/c10-6-2-12-7(3-11-6)13-4-5(9(15)16)1-8(13)14/h2-3,5H,1,4H2,(H,15,16). The van der Waals surface area contributed by atoms with E-state index in [4.69, 9.17) is 5.11 Å². The fourth-order valence-corrected chi connectivity index (χ4v) is 1.82. The predicted molar refractivity (Wildman–Crippen MR) is 62.8 cm³/mol. The van der Waals surface area contributed by atoms with Crippen LogP contribution in [0.3, 0.4) is 0 Å². The molecule has 0 aliphatic carbocycles. The SMILES string of the molecule is O=C(O)C1CC(=O)N(c2cnc(I)cn2)C1. The lowest BCUT2D eigenvalue weighted by Crippen LogP contribution is -2.26. The van der Waals surface area contributed by atoms with Crippen LogP contribution in [0.5, 0.6) is 0 Å². The van der Waals surface area contributed by atoms with Crippen LogP contribution in [-0.2, 0) is 9.59 Å². The summed E-state index contributed by atoms with van der Waals surface area (Å²) in [5.41, 5.74) is 0. The van der Waals surface area contributed by atoms with E-state index in [-0.39, 0.29) is 18.9 Å². The summed E-state index contributed by atoms with van der Waals surface area (Å²) >= 11 is 2.01. The van der Waals surface area contributed by atoms with E-state index < -0.39 is 11.9 Å². The van der Waals surface area contributed by atoms with Crippen molar-refractivity contribution in [2.75, 3.05) is 11.4 Å². The number of carbonyl (C=O) groups excluding carboxylic acids is 1. The largest absolute Gasteiger partial charge is 0.481 e. The molecule has 1 unspecified atom stereocenters. The number of anilines is 1. The third-order valence-electron chi connectivity index (χ3n) is 2.36. The van der Waals surface area contributed by atoms with Crippen molar-refractivity contribution in [3.63, 3.8) is 0 Å². The first-order chi connectivity index (χ1) is 7.58. The zero-order chi connectivity index (χ0) is 11.7. The maximum absolute atomic E-state index is 11.6. The summed E-state index contributed by atoms with van der Waals surface area (Å²) in [6.07, 6.45) is 3.05. The van der Waals surface area contributed by atoms with Crippen LogP contribution in [-0.4, -0.2) is 33.5 Å². The minimum absolute atomic E-state index is 0.0308. The van der Waals surface area contributed by atoms with Crippen molar-refractivity contribution in [2.45, 2.75) is 6.42 Å². The van der Waals surface area contributed by atoms with Crippen molar-refractivity contribution in [3.8, 4) is 0 Å². The van der Waals surface area contributed by atoms with Gasteiger partial charge in [-0.1, -0.05) is 0 Å². The zero-order valence-corrected chi connectivity index (χ0v) is 10.3. The molecule has 2 heterocycles. The number of aliphatic carboxylic acids is 1. The maximum atomic E-state index is 11.6. The van der Waals surface area contributed by atoms with E-state index in [1.807, 2.05) is 22.6 Å². The topological polar surface area (TPSA) is 83.4 Å². The van der Waals surface area contributed by atoms with Gasteiger partial charge < -0.3 is 5.11 Å². The van der Waals surface area contributed by atoms with Crippen LogP contribution in [0.1, 0.15) is 6.42 Å². The lowest BCUT2D eigenvalue weighted by atomic mass is 10.1. The van der Waals surface area contributed by atoms with Crippen LogP contribution in [0.4, 0.5) is 5.82 Å². The number of amides is 1. The zero-order valence-electron chi connectivity index (χ0n) is 8.13. The molecule has 16 heavy (non-hydrogen) atoms. The Kier molecular flexibility index (Phi) is 3.03. The van der Waals surface area contributed by atoms with Crippen LogP contribution in [0.15, 0.2) is 12.4 Å². The summed E-state index contributed by atoms with van der Waals surface area (Å²) in [6.45, 7) is 0.170. The van der Waals surface area contributed by atoms with Gasteiger partial charge in [-0.3, -0.25) is 14.5 Å². The molecule has 1 aromatic heterocycles. The number of carbonyl (C=O) groups is 2. The molecule has 1 aliphatic rings. The van der Waals surface area contributed by atoms with Gasteiger partial charge in [-0.05, 0) is 22.6 Å². The Labute approximate surface area is 105 Å². The molecular weight excluding hydrogens is 325 g/mol. The highest BCUT2D eigenvalue weighted by Gasteiger charge is 2.35. The van der Waals surface area contributed by atoms with Gasteiger partial charge in [0, 0.05) is 13.0 Å². The molecule has 0 saturated carbocycles. The van der Waals surface area contributed by atoms with Crippen molar-refractivity contribution in [2.24, 2.45) is 5.92 Å². The number of aromatic nitrogens is 2. The van der Waals surface area contributed by atoms with Crippen LogP contribution in [0.25, 0.3) is 0 Å². The summed E-state index contributed by atoms with van der Waals surface area (Å²) in [5, 5.41) is 8.82. The number of carboxylic acids is 1. The fourth-order valence-electron chi connectivity index (χ4n) is 1.54. The van der Waals surface area contributed by atoms with Gasteiger partial charge in [0.15, 0.2) is 5.82 Å². The molecule has 1 N–H and O–H groups in total. The number of rotatable bonds is 2. The van der Waals surface area contributed by atoms with Gasteiger partial charge in [0.1, 0.15) is 3.70 Å². The summed E-state index contributed by atoms with van der Waals surface area (Å²) in [7, 11) is 0. The molecule has 84 valence electrons. The second-order valence-corrected chi connectivity index (χ2v) is 4.55. The Hall–Kier alpha value is -1.25. The van der Waals surface area contributed by atoms with Crippen molar-refractivity contribution in [1.29, 1.82) is 0 Å². The Morgan fingerprint density at radius 1 is 1.50 bits per heavy atom. The van der Waals surface area contributed by atoms with Crippen molar-refractivity contribution >= 4 is 40.3 Å². The molecule has 1 atom stereocenters. The first kappa shape index (κ1) is 11.2. The molecule has 1 aliphatic heterocycles. The van der Waals surface area contributed by atoms with E-state index in [1.165, 1.54) is 17.3 Å². The van der Waals surface area contributed by atoms with Crippen LogP contribution in [0, 0.1) is 9.62 Å². The first-order valence-electron chi connectivity index (χ1n) is 4.58. The van der Waals surface area contributed by atoms with Crippen molar-refractivity contribution in [1.82, 2.24) is 9.97 Å². The Balaban J connectivity index is 2.20. The lowest BCUT2D eigenvalue weighted by molar-refractivity contribution is -0.141. The summed E-state index contributed by atoms with van der Waals surface area (Å²) < 4.78 is 0.725. The lowest BCUT2D eigenvalue weighted by Gasteiger charge is -2.13. The highest BCUT2D eigenvalue weighted by atomic mass is 127. The van der Waals surface area contributed by atoms with Gasteiger partial charge in [0.2, 0.25) is 5.91 Å². The van der Waals surface area contributed by atoms with Gasteiger partial charge in [-0.15, -0.1) is 0 Å². The Morgan fingerprint density at radius 2 is 2.25 bits per heavy atom. The summed E-state index contributed by atoms with van der Waals surface area (Å²) in [6, 6.07) is 0. The van der Waals surface area contributed by atoms with Gasteiger partial charge in [0.25, 0.3) is 0 Å². The number of hydrogen-bond acceptors (Lipinski definition) is 4. The quantitative estimate of drug-likeness (QED) is 0.798. The highest BCUT2D eigenvalue weighted by Crippen LogP contribution is 2.22. The summed E-state index contributed by atoms with van der Waals surface area (Å²) in [5.74, 6) is -1.40. The Bertz CT molecular complexity index is 434. The van der Waals surface area contributed by atoms with Gasteiger partial charge in [0.05, 0.1) is 18.3 Å². The number of hydrogen-bond donors (Lipinski definition) is 1. The average Bonchev–Trinajstić information content (AvgIpc) is 2.62. The molecule has 0 aromatic carbocycles. The second kappa shape index (κ2) is 4.32. The molecule has 0 spiro atoms. The molecule has 2 rings (SSSR count). The van der Waals surface area contributed by atoms with E-state index in [2.05, 4.69) is 9.97 Å². The third kappa shape index (κ3) is 2.13. The predicted octanol–water partition coefficient (Wildman–Crippen LogP) is 0.519. The first-order valence-corrected chi connectivity index (χ1v) is 5.66. The van der Waals surface area contributed by atoms with E-state index in [0.29, 0.717) is 5.82 Å². The van der Waals surface area contributed by atoms with E-state index in [9.17, 15) is 9.59 Å².